The molecule has 0 saturated heterocycles. The lowest BCUT2D eigenvalue weighted by molar-refractivity contribution is 0.276. The lowest BCUT2D eigenvalue weighted by Gasteiger charge is -2.24. The van der Waals surface area contributed by atoms with Crippen molar-refractivity contribution in [2.24, 2.45) is 94.7 Å². The molecular formula is C59H122. The predicted octanol–water partition coefficient (Wildman–Crippen LogP) is 21.2. The highest BCUT2D eigenvalue weighted by Crippen LogP contribution is 2.31. The zero-order chi connectivity index (χ0) is 45.5. The molecule has 0 aliphatic carbocycles. The number of hydrogen-bond acceptors (Lipinski definition) is 0. The quantitative estimate of drug-likeness (QED) is 0.0547. The van der Waals surface area contributed by atoms with Crippen LogP contribution in [0.15, 0.2) is 0 Å². The minimum atomic E-state index is 0.851. The topological polar surface area (TPSA) is 0 Å². The van der Waals surface area contributed by atoms with Crippen molar-refractivity contribution in [1.82, 2.24) is 0 Å². The molecule has 14 atom stereocenters. The van der Waals surface area contributed by atoms with Crippen molar-refractivity contribution in [1.29, 1.82) is 0 Å². The van der Waals surface area contributed by atoms with E-state index < -0.39 is 0 Å². The highest BCUT2D eigenvalue weighted by molar-refractivity contribution is 4.70. The van der Waals surface area contributed by atoms with Crippen molar-refractivity contribution >= 4 is 0 Å². The average molecular weight is 832 g/mol. The average Bonchev–Trinajstić information content (AvgIpc) is 3.08. The largest absolute Gasteiger partial charge is 0.0651 e. The summed E-state index contributed by atoms with van der Waals surface area (Å²) in [6, 6.07) is 0. The Labute approximate surface area is 379 Å². The summed E-state index contributed by atoms with van der Waals surface area (Å²) in [4.78, 5) is 0. The first-order valence-electron chi connectivity index (χ1n) is 27.6. The molecule has 0 spiro atoms. The van der Waals surface area contributed by atoms with Gasteiger partial charge in [0, 0.05) is 0 Å². The summed E-state index contributed by atoms with van der Waals surface area (Å²) in [6.45, 7) is 48.7. The summed E-state index contributed by atoms with van der Waals surface area (Å²) >= 11 is 0. The highest BCUT2D eigenvalue weighted by atomic mass is 14.2. The molecule has 0 heteroatoms. The van der Waals surface area contributed by atoms with Gasteiger partial charge < -0.3 is 0 Å². The molecule has 0 fully saturated rings. The van der Waals surface area contributed by atoms with Crippen molar-refractivity contribution < 1.29 is 0 Å². The van der Waals surface area contributed by atoms with Gasteiger partial charge in [0.15, 0.2) is 0 Å². The normalized spacial score (nSPS) is 19.4. The molecule has 0 amide bonds. The van der Waals surface area contributed by atoms with E-state index in [1.165, 1.54) is 148 Å². The molecule has 0 rings (SSSR count). The first-order chi connectivity index (χ1) is 27.6. The van der Waals surface area contributed by atoms with Crippen LogP contribution in [0.25, 0.3) is 0 Å². The number of rotatable bonds is 37. The van der Waals surface area contributed by atoms with Gasteiger partial charge in [0.2, 0.25) is 0 Å². The third-order valence-electron chi connectivity index (χ3n) is 14.7. The van der Waals surface area contributed by atoms with Gasteiger partial charge in [0.25, 0.3) is 0 Å². The molecule has 0 aromatic carbocycles. The van der Waals surface area contributed by atoms with Crippen LogP contribution >= 0.6 is 0 Å². The SMILES string of the molecule is CCC(C)CC(C)CC(C)CC(C)CC(C)CCCC(C)CC(C)CC(C)C.CCC(C)CC(C)CC(C)CC(C)CC(C)CCCCCCC(C)CC(C)CC(C)C. The van der Waals surface area contributed by atoms with Crippen molar-refractivity contribution in [3.05, 3.63) is 0 Å². The molecule has 59 heavy (non-hydrogen) atoms. The van der Waals surface area contributed by atoms with Crippen LogP contribution in [0.3, 0.4) is 0 Å². The number of unbranched alkanes of at least 4 members (excludes halogenated alkanes) is 3. The van der Waals surface area contributed by atoms with Crippen LogP contribution in [0, 0.1) is 94.7 Å². The van der Waals surface area contributed by atoms with Crippen molar-refractivity contribution in [2.75, 3.05) is 0 Å². The van der Waals surface area contributed by atoms with Gasteiger partial charge in [0.1, 0.15) is 0 Å². The summed E-state index contributed by atoms with van der Waals surface area (Å²) in [5.74, 6) is 14.3. The summed E-state index contributed by atoms with van der Waals surface area (Å²) in [5.41, 5.74) is 0. The third kappa shape index (κ3) is 40.5. The summed E-state index contributed by atoms with van der Waals surface area (Å²) in [7, 11) is 0. The van der Waals surface area contributed by atoms with E-state index in [9.17, 15) is 0 Å². The van der Waals surface area contributed by atoms with E-state index >= 15 is 0 Å². The van der Waals surface area contributed by atoms with Crippen LogP contribution < -0.4 is 0 Å². The Bertz CT molecular complexity index is 869. The molecule has 358 valence electrons. The van der Waals surface area contributed by atoms with E-state index in [1.54, 1.807) is 0 Å². The molecule has 14 unspecified atom stereocenters. The Morgan fingerprint density at radius 1 is 0.186 bits per heavy atom. The van der Waals surface area contributed by atoms with Gasteiger partial charge >= 0.3 is 0 Å². The Morgan fingerprint density at radius 3 is 0.593 bits per heavy atom. The third-order valence-corrected chi connectivity index (χ3v) is 14.7. The van der Waals surface area contributed by atoms with Crippen LogP contribution in [-0.2, 0) is 0 Å². The monoisotopic (exact) mass is 831 g/mol. The molecule has 0 N–H and O–H groups in total. The Morgan fingerprint density at radius 2 is 0.373 bits per heavy atom. The standard InChI is InChI=1S/C31H64.C28H58/c1-11-25(4)19-29(8)22-31(10)23-30(9)21-27(6)17-15-13-12-14-16-26(5)20-28(7)18-24(2)3;1-11-22(4)16-26(8)19-28(10)20-27(9)18-24(6)14-12-13-23(5)17-25(7)15-21(2)3/h24-31H,11-23H2,1-10H3;21-28H,11-20H2,1-10H3. The maximum atomic E-state index is 2.51. The lowest BCUT2D eigenvalue weighted by Crippen LogP contribution is -2.12. The molecule has 0 heterocycles. The van der Waals surface area contributed by atoms with Gasteiger partial charge in [-0.1, -0.05) is 209 Å². The molecule has 0 aromatic rings. The Balaban J connectivity index is 0. The fourth-order valence-corrected chi connectivity index (χ4v) is 12.2. The molecule has 0 aliphatic heterocycles. The molecule has 0 radical (unpaired) electrons. The molecule has 0 saturated carbocycles. The summed E-state index contributed by atoms with van der Waals surface area (Å²) in [5, 5.41) is 0. The zero-order valence-electron chi connectivity index (χ0n) is 45.5. The van der Waals surface area contributed by atoms with Crippen molar-refractivity contribution in [3.63, 3.8) is 0 Å². The van der Waals surface area contributed by atoms with Gasteiger partial charge in [0.05, 0.1) is 0 Å². The van der Waals surface area contributed by atoms with Gasteiger partial charge in [-0.05, 0) is 172 Å². The molecular weight excluding hydrogens is 709 g/mol. The Hall–Kier alpha value is 0. The predicted molar refractivity (Wildman–Crippen MR) is 276 cm³/mol. The van der Waals surface area contributed by atoms with E-state index in [1.807, 2.05) is 0 Å². The second-order valence-electron chi connectivity index (χ2n) is 24.8. The van der Waals surface area contributed by atoms with Gasteiger partial charge in [-0.3, -0.25) is 0 Å². The van der Waals surface area contributed by atoms with E-state index in [0.717, 1.165) is 94.7 Å². The van der Waals surface area contributed by atoms with Crippen molar-refractivity contribution in [3.8, 4) is 0 Å². The molecule has 0 bridgehead atoms. The number of hydrogen-bond donors (Lipinski definition) is 0. The molecule has 0 aliphatic rings. The van der Waals surface area contributed by atoms with E-state index in [4.69, 9.17) is 0 Å². The maximum absolute atomic E-state index is 2.51. The fraction of sp³-hybridized carbons (Fsp3) is 1.00. The van der Waals surface area contributed by atoms with Crippen molar-refractivity contribution in [2.45, 2.75) is 286 Å². The van der Waals surface area contributed by atoms with Crippen LogP contribution in [0.4, 0.5) is 0 Å². The zero-order valence-corrected chi connectivity index (χ0v) is 45.5. The molecule has 0 aromatic heterocycles. The minimum absolute atomic E-state index is 0.851. The van der Waals surface area contributed by atoms with E-state index in [-0.39, 0.29) is 0 Å². The van der Waals surface area contributed by atoms with E-state index in [2.05, 4.69) is 138 Å². The first kappa shape index (κ1) is 61.1. The van der Waals surface area contributed by atoms with Crippen LogP contribution in [0.5, 0.6) is 0 Å². The maximum Gasteiger partial charge on any atom is -0.0438 e. The van der Waals surface area contributed by atoms with Gasteiger partial charge in [-0.25, -0.2) is 0 Å². The van der Waals surface area contributed by atoms with Gasteiger partial charge in [-0.2, -0.15) is 0 Å². The fourth-order valence-electron chi connectivity index (χ4n) is 12.2. The summed E-state index contributed by atoms with van der Waals surface area (Å²) in [6.07, 6.45) is 32.8. The molecule has 0 nitrogen and oxygen atoms in total. The van der Waals surface area contributed by atoms with Crippen LogP contribution in [0.2, 0.25) is 0 Å². The second kappa shape index (κ2) is 37.4. The first-order valence-corrected chi connectivity index (χ1v) is 27.6. The Kier molecular flexibility index (Phi) is 38.7. The minimum Gasteiger partial charge on any atom is -0.0651 e. The smallest absolute Gasteiger partial charge is 0.0438 e. The summed E-state index contributed by atoms with van der Waals surface area (Å²) < 4.78 is 0. The van der Waals surface area contributed by atoms with Crippen LogP contribution in [-0.4, -0.2) is 0 Å². The van der Waals surface area contributed by atoms with E-state index in [0.29, 0.717) is 0 Å². The van der Waals surface area contributed by atoms with Crippen LogP contribution in [0.1, 0.15) is 286 Å². The second-order valence-corrected chi connectivity index (χ2v) is 24.8. The lowest BCUT2D eigenvalue weighted by atomic mass is 9.82. The highest BCUT2D eigenvalue weighted by Gasteiger charge is 2.19. The van der Waals surface area contributed by atoms with Gasteiger partial charge in [-0.15, -0.1) is 0 Å².